The van der Waals surface area contributed by atoms with Crippen LogP contribution in [0.15, 0.2) is 30.5 Å². The van der Waals surface area contributed by atoms with Crippen LogP contribution < -0.4 is 10.1 Å². The highest BCUT2D eigenvalue weighted by Crippen LogP contribution is 2.33. The molecule has 5 heteroatoms. The number of halogens is 1. The summed E-state index contributed by atoms with van der Waals surface area (Å²) in [7, 11) is 0. The molecule has 1 heterocycles. The number of hydrogen-bond acceptors (Lipinski definition) is 3. The lowest BCUT2D eigenvalue weighted by molar-refractivity contribution is 0.333. The molecule has 0 aliphatic carbocycles. The van der Waals surface area contributed by atoms with Gasteiger partial charge in [-0.15, -0.1) is 0 Å². The second-order valence-corrected chi connectivity index (χ2v) is 5.06. The quantitative estimate of drug-likeness (QED) is 0.848. The number of benzene rings is 1. The second-order valence-electron chi connectivity index (χ2n) is 4.66. The van der Waals surface area contributed by atoms with E-state index in [2.05, 4.69) is 30.3 Å². The summed E-state index contributed by atoms with van der Waals surface area (Å²) in [5.41, 5.74) is 2.06. The van der Waals surface area contributed by atoms with E-state index in [1.807, 2.05) is 29.8 Å². The molecule has 0 bridgehead atoms. The van der Waals surface area contributed by atoms with Crippen LogP contribution in [0.3, 0.4) is 0 Å². The minimum Gasteiger partial charge on any atom is -0.494 e. The normalized spacial score (nSPS) is 12.4. The van der Waals surface area contributed by atoms with Gasteiger partial charge < -0.3 is 10.1 Å². The van der Waals surface area contributed by atoms with Crippen molar-refractivity contribution in [3.8, 4) is 5.75 Å². The van der Waals surface area contributed by atoms with Gasteiger partial charge in [0.2, 0.25) is 0 Å². The topological polar surface area (TPSA) is 39.1 Å². The van der Waals surface area contributed by atoms with Crippen LogP contribution in [0.1, 0.15) is 38.1 Å². The Morgan fingerprint density at radius 3 is 2.71 bits per heavy atom. The zero-order chi connectivity index (χ0) is 15.2. The Morgan fingerprint density at radius 1 is 1.29 bits per heavy atom. The molecule has 1 aromatic carbocycles. The van der Waals surface area contributed by atoms with Gasteiger partial charge in [-0.3, -0.25) is 4.68 Å². The highest BCUT2D eigenvalue weighted by Gasteiger charge is 2.23. The minimum atomic E-state index is -0.0345. The fraction of sp³-hybridized carbons (Fsp3) is 0.438. The van der Waals surface area contributed by atoms with Gasteiger partial charge in [-0.05, 0) is 26.5 Å². The number of aromatic nitrogens is 2. The van der Waals surface area contributed by atoms with E-state index in [0.717, 1.165) is 30.1 Å². The largest absolute Gasteiger partial charge is 0.494 e. The van der Waals surface area contributed by atoms with Crippen molar-refractivity contribution in [2.24, 2.45) is 0 Å². The molecule has 1 N–H and O–H groups in total. The molecule has 21 heavy (non-hydrogen) atoms. The first-order chi connectivity index (χ1) is 10.2. The van der Waals surface area contributed by atoms with Gasteiger partial charge in [-0.25, -0.2) is 0 Å². The number of ether oxygens (including phenoxy) is 1. The molecule has 2 rings (SSSR count). The number of para-hydroxylation sites is 1. The lowest BCUT2D eigenvalue weighted by atomic mass is 10.0. The summed E-state index contributed by atoms with van der Waals surface area (Å²) in [4.78, 5) is 0. The third-order valence-electron chi connectivity index (χ3n) is 3.34. The summed E-state index contributed by atoms with van der Waals surface area (Å²) < 4.78 is 7.69. The summed E-state index contributed by atoms with van der Waals surface area (Å²) in [5.74, 6) is 0.880. The third-order valence-corrected chi connectivity index (χ3v) is 3.64. The van der Waals surface area contributed by atoms with Crippen LogP contribution in [0, 0.1) is 0 Å². The van der Waals surface area contributed by atoms with Crippen LogP contribution in [0.5, 0.6) is 5.75 Å². The molecule has 114 valence electrons. The van der Waals surface area contributed by atoms with E-state index in [1.54, 1.807) is 6.20 Å². The first kappa shape index (κ1) is 15.9. The minimum absolute atomic E-state index is 0.0345. The maximum atomic E-state index is 6.37. The molecule has 0 amide bonds. The van der Waals surface area contributed by atoms with Crippen LogP contribution in [-0.4, -0.2) is 22.9 Å². The maximum Gasteiger partial charge on any atom is 0.124 e. The van der Waals surface area contributed by atoms with Crippen LogP contribution in [-0.2, 0) is 6.54 Å². The van der Waals surface area contributed by atoms with E-state index in [-0.39, 0.29) is 6.04 Å². The summed E-state index contributed by atoms with van der Waals surface area (Å²) in [5, 5.41) is 8.51. The molecule has 0 fully saturated rings. The molecule has 0 saturated heterocycles. The van der Waals surface area contributed by atoms with Gasteiger partial charge >= 0.3 is 0 Å². The first-order valence-electron chi connectivity index (χ1n) is 7.39. The van der Waals surface area contributed by atoms with E-state index in [9.17, 15) is 0 Å². The van der Waals surface area contributed by atoms with Crippen molar-refractivity contribution < 1.29 is 4.74 Å². The van der Waals surface area contributed by atoms with Crippen molar-refractivity contribution in [2.75, 3.05) is 13.2 Å². The standard InChI is InChI=1S/C16H22ClN3O/c1-4-18-15(16-13(17)11-19-20(16)5-2)12-9-7-8-10-14(12)21-6-3/h7-11,15,18H,4-6H2,1-3H3. The predicted molar refractivity (Wildman–Crippen MR) is 86.0 cm³/mol. The summed E-state index contributed by atoms with van der Waals surface area (Å²) >= 11 is 6.37. The van der Waals surface area contributed by atoms with Crippen LogP contribution >= 0.6 is 11.6 Å². The lowest BCUT2D eigenvalue weighted by Gasteiger charge is -2.22. The Bertz CT molecular complexity index is 583. The van der Waals surface area contributed by atoms with E-state index < -0.39 is 0 Å². The predicted octanol–water partition coefficient (Wildman–Crippen LogP) is 3.65. The zero-order valence-corrected chi connectivity index (χ0v) is 13.5. The van der Waals surface area contributed by atoms with Gasteiger partial charge in [0.05, 0.1) is 29.6 Å². The van der Waals surface area contributed by atoms with Crippen molar-refractivity contribution in [2.45, 2.75) is 33.4 Å². The summed E-state index contributed by atoms with van der Waals surface area (Å²) in [6.45, 7) is 8.37. The zero-order valence-electron chi connectivity index (χ0n) is 12.8. The Hall–Kier alpha value is -1.52. The molecule has 0 spiro atoms. The Morgan fingerprint density at radius 2 is 2.05 bits per heavy atom. The number of nitrogens with one attached hydrogen (secondary N) is 1. The van der Waals surface area contributed by atoms with Crippen LogP contribution in [0.25, 0.3) is 0 Å². The molecule has 0 aliphatic rings. The van der Waals surface area contributed by atoms with Gasteiger partial charge in [-0.1, -0.05) is 36.7 Å². The van der Waals surface area contributed by atoms with Gasteiger partial charge in [0.1, 0.15) is 5.75 Å². The number of aryl methyl sites for hydroxylation is 1. The fourth-order valence-electron chi connectivity index (χ4n) is 2.47. The average molecular weight is 308 g/mol. The number of rotatable bonds is 7. The molecular formula is C16H22ClN3O. The summed E-state index contributed by atoms with van der Waals surface area (Å²) in [6.07, 6.45) is 1.70. The van der Waals surface area contributed by atoms with E-state index in [0.29, 0.717) is 11.6 Å². The van der Waals surface area contributed by atoms with Crippen LogP contribution in [0.4, 0.5) is 0 Å². The molecule has 0 aliphatic heterocycles. The molecule has 0 radical (unpaired) electrons. The fourth-order valence-corrected chi connectivity index (χ4v) is 2.73. The molecule has 1 aromatic heterocycles. The van der Waals surface area contributed by atoms with Crippen molar-refractivity contribution in [1.29, 1.82) is 0 Å². The monoisotopic (exact) mass is 307 g/mol. The molecular weight excluding hydrogens is 286 g/mol. The van der Waals surface area contributed by atoms with Crippen molar-refractivity contribution in [3.63, 3.8) is 0 Å². The molecule has 1 unspecified atom stereocenters. The molecule has 4 nitrogen and oxygen atoms in total. The van der Waals surface area contributed by atoms with Gasteiger partial charge in [-0.2, -0.15) is 5.10 Å². The molecule has 2 aromatic rings. The van der Waals surface area contributed by atoms with Gasteiger partial charge in [0, 0.05) is 12.1 Å². The SMILES string of the molecule is CCNC(c1ccccc1OCC)c1c(Cl)cnn1CC. The Labute approximate surface area is 131 Å². The second kappa shape index (κ2) is 7.48. The lowest BCUT2D eigenvalue weighted by Crippen LogP contribution is -2.25. The Kier molecular flexibility index (Phi) is 5.65. The highest BCUT2D eigenvalue weighted by atomic mass is 35.5. The van der Waals surface area contributed by atoms with E-state index in [1.165, 1.54) is 0 Å². The van der Waals surface area contributed by atoms with Crippen molar-refractivity contribution in [3.05, 3.63) is 46.7 Å². The Balaban J connectivity index is 2.51. The smallest absolute Gasteiger partial charge is 0.124 e. The van der Waals surface area contributed by atoms with Crippen molar-refractivity contribution in [1.82, 2.24) is 15.1 Å². The third kappa shape index (κ3) is 3.39. The average Bonchev–Trinajstić information content (AvgIpc) is 2.87. The van der Waals surface area contributed by atoms with Gasteiger partial charge in [0.15, 0.2) is 0 Å². The maximum absolute atomic E-state index is 6.37. The van der Waals surface area contributed by atoms with Crippen LogP contribution in [0.2, 0.25) is 5.02 Å². The first-order valence-corrected chi connectivity index (χ1v) is 7.76. The number of nitrogens with zero attached hydrogens (tertiary/aromatic N) is 2. The van der Waals surface area contributed by atoms with Gasteiger partial charge in [0.25, 0.3) is 0 Å². The van der Waals surface area contributed by atoms with Crippen molar-refractivity contribution >= 4 is 11.6 Å². The van der Waals surface area contributed by atoms with E-state index >= 15 is 0 Å². The number of hydrogen-bond donors (Lipinski definition) is 1. The summed E-state index contributed by atoms with van der Waals surface area (Å²) in [6, 6.07) is 8.03. The molecule has 1 atom stereocenters. The molecule has 0 saturated carbocycles. The van der Waals surface area contributed by atoms with E-state index in [4.69, 9.17) is 16.3 Å². The highest BCUT2D eigenvalue weighted by molar-refractivity contribution is 6.31.